The molecule has 2 nitrogen and oxygen atoms in total. The Hall–Kier alpha value is -0.380. The van der Waals surface area contributed by atoms with Crippen LogP contribution >= 0.6 is 11.3 Å². The quantitative estimate of drug-likeness (QED) is 0.750. The van der Waals surface area contributed by atoms with Gasteiger partial charge in [-0.15, -0.1) is 11.3 Å². The lowest BCUT2D eigenvalue weighted by Gasteiger charge is -2.21. The standard InChI is InChI=1S/C12H21NOS/c1-3-11(12-7-5-9-15-12)13-10(2)6-4-8-14/h5,7,9-11,13-14H,3-4,6,8H2,1-2H3. The van der Waals surface area contributed by atoms with E-state index >= 15 is 0 Å². The predicted octanol–water partition coefficient (Wildman–Crippen LogP) is 2.95. The number of thiophene rings is 1. The minimum atomic E-state index is 0.293. The van der Waals surface area contributed by atoms with Crippen molar-refractivity contribution in [3.05, 3.63) is 22.4 Å². The Balaban J connectivity index is 2.40. The third-order valence-corrected chi connectivity index (χ3v) is 3.56. The molecule has 1 aromatic heterocycles. The molecule has 0 amide bonds. The molecular formula is C12H21NOS. The molecule has 1 rings (SSSR count). The van der Waals surface area contributed by atoms with Gasteiger partial charge in [0.1, 0.15) is 0 Å². The normalized spacial score (nSPS) is 15.1. The lowest BCUT2D eigenvalue weighted by molar-refractivity contribution is 0.273. The molecule has 0 fully saturated rings. The molecule has 0 aliphatic rings. The van der Waals surface area contributed by atoms with E-state index in [4.69, 9.17) is 5.11 Å². The summed E-state index contributed by atoms with van der Waals surface area (Å²) in [5, 5.41) is 14.5. The highest BCUT2D eigenvalue weighted by atomic mass is 32.1. The van der Waals surface area contributed by atoms with Gasteiger partial charge in [0.25, 0.3) is 0 Å². The van der Waals surface area contributed by atoms with Gasteiger partial charge in [0.15, 0.2) is 0 Å². The predicted molar refractivity (Wildman–Crippen MR) is 66.3 cm³/mol. The highest BCUT2D eigenvalue weighted by Crippen LogP contribution is 2.22. The molecule has 15 heavy (non-hydrogen) atoms. The van der Waals surface area contributed by atoms with Gasteiger partial charge in [-0.2, -0.15) is 0 Å². The molecule has 2 atom stereocenters. The first-order valence-electron chi connectivity index (χ1n) is 5.68. The van der Waals surface area contributed by atoms with E-state index in [-0.39, 0.29) is 0 Å². The molecule has 0 saturated carbocycles. The van der Waals surface area contributed by atoms with Gasteiger partial charge in [0.05, 0.1) is 0 Å². The summed E-state index contributed by atoms with van der Waals surface area (Å²) in [6.07, 6.45) is 3.04. The summed E-state index contributed by atoms with van der Waals surface area (Å²) < 4.78 is 0. The van der Waals surface area contributed by atoms with E-state index in [9.17, 15) is 0 Å². The average molecular weight is 227 g/mol. The summed E-state index contributed by atoms with van der Waals surface area (Å²) >= 11 is 1.81. The van der Waals surface area contributed by atoms with Crippen LogP contribution < -0.4 is 5.32 Å². The fourth-order valence-electron chi connectivity index (χ4n) is 1.71. The van der Waals surface area contributed by atoms with Crippen molar-refractivity contribution in [2.45, 2.75) is 45.2 Å². The molecule has 0 radical (unpaired) electrons. The third kappa shape index (κ3) is 4.33. The van der Waals surface area contributed by atoms with Gasteiger partial charge in [0, 0.05) is 23.6 Å². The highest BCUT2D eigenvalue weighted by molar-refractivity contribution is 7.10. The van der Waals surface area contributed by atoms with E-state index in [1.54, 1.807) is 0 Å². The van der Waals surface area contributed by atoms with Gasteiger partial charge in [0.2, 0.25) is 0 Å². The van der Waals surface area contributed by atoms with Crippen LogP contribution in [0.3, 0.4) is 0 Å². The minimum Gasteiger partial charge on any atom is -0.396 e. The molecule has 0 aromatic carbocycles. The Morgan fingerprint density at radius 3 is 2.87 bits per heavy atom. The molecule has 86 valence electrons. The van der Waals surface area contributed by atoms with Crippen LogP contribution in [-0.4, -0.2) is 17.8 Å². The molecule has 1 heterocycles. The Labute approximate surface area is 96.3 Å². The van der Waals surface area contributed by atoms with E-state index < -0.39 is 0 Å². The van der Waals surface area contributed by atoms with Crippen molar-refractivity contribution >= 4 is 11.3 Å². The summed E-state index contributed by atoms with van der Waals surface area (Å²) in [6, 6.07) is 5.23. The monoisotopic (exact) mass is 227 g/mol. The van der Waals surface area contributed by atoms with Gasteiger partial charge in [-0.05, 0) is 37.6 Å². The van der Waals surface area contributed by atoms with Gasteiger partial charge in [-0.3, -0.25) is 0 Å². The summed E-state index contributed by atoms with van der Waals surface area (Å²) in [6.45, 7) is 4.68. The van der Waals surface area contributed by atoms with Crippen molar-refractivity contribution in [1.29, 1.82) is 0 Å². The molecule has 0 aliphatic carbocycles. The Morgan fingerprint density at radius 2 is 2.33 bits per heavy atom. The Kier molecular flexibility index (Phi) is 5.91. The smallest absolute Gasteiger partial charge is 0.0431 e. The molecule has 2 unspecified atom stereocenters. The third-order valence-electron chi connectivity index (χ3n) is 2.58. The number of nitrogens with one attached hydrogen (secondary N) is 1. The van der Waals surface area contributed by atoms with E-state index in [1.807, 2.05) is 11.3 Å². The van der Waals surface area contributed by atoms with Gasteiger partial charge in [-0.25, -0.2) is 0 Å². The van der Waals surface area contributed by atoms with E-state index in [0.717, 1.165) is 19.3 Å². The van der Waals surface area contributed by atoms with Crippen LogP contribution in [0.1, 0.15) is 44.0 Å². The topological polar surface area (TPSA) is 32.3 Å². The van der Waals surface area contributed by atoms with Crippen LogP contribution in [0.4, 0.5) is 0 Å². The van der Waals surface area contributed by atoms with Gasteiger partial charge >= 0.3 is 0 Å². The molecule has 3 heteroatoms. The summed E-state index contributed by atoms with van der Waals surface area (Å²) in [7, 11) is 0. The van der Waals surface area contributed by atoms with Crippen molar-refractivity contribution in [1.82, 2.24) is 5.32 Å². The van der Waals surface area contributed by atoms with Crippen molar-refractivity contribution < 1.29 is 5.11 Å². The zero-order valence-electron chi connectivity index (χ0n) is 9.57. The second kappa shape index (κ2) is 6.99. The van der Waals surface area contributed by atoms with E-state index in [1.165, 1.54) is 4.88 Å². The second-order valence-electron chi connectivity index (χ2n) is 3.91. The maximum Gasteiger partial charge on any atom is 0.0431 e. The molecular weight excluding hydrogens is 206 g/mol. The van der Waals surface area contributed by atoms with Gasteiger partial charge in [-0.1, -0.05) is 13.0 Å². The van der Waals surface area contributed by atoms with Crippen LogP contribution in [0, 0.1) is 0 Å². The maximum atomic E-state index is 8.76. The Bertz CT molecular complexity index is 248. The zero-order valence-corrected chi connectivity index (χ0v) is 10.4. The molecule has 0 spiro atoms. The number of aliphatic hydroxyl groups is 1. The Morgan fingerprint density at radius 1 is 1.53 bits per heavy atom. The van der Waals surface area contributed by atoms with Crippen LogP contribution in [0.25, 0.3) is 0 Å². The lowest BCUT2D eigenvalue weighted by Crippen LogP contribution is -2.29. The molecule has 1 aromatic rings. The van der Waals surface area contributed by atoms with Crippen molar-refractivity contribution in [3.63, 3.8) is 0 Å². The first kappa shape index (κ1) is 12.7. The van der Waals surface area contributed by atoms with Gasteiger partial charge < -0.3 is 10.4 Å². The van der Waals surface area contributed by atoms with E-state index in [0.29, 0.717) is 18.7 Å². The SMILES string of the molecule is CCC(NC(C)CCCO)c1cccs1. The molecule has 0 saturated heterocycles. The van der Waals surface area contributed by atoms with Crippen LogP contribution in [-0.2, 0) is 0 Å². The second-order valence-corrected chi connectivity index (χ2v) is 4.89. The van der Waals surface area contributed by atoms with Crippen LogP contribution in [0.15, 0.2) is 17.5 Å². The van der Waals surface area contributed by atoms with Crippen LogP contribution in [0.2, 0.25) is 0 Å². The summed E-state index contributed by atoms with van der Waals surface area (Å²) in [5.41, 5.74) is 0. The van der Waals surface area contributed by atoms with Crippen LogP contribution in [0.5, 0.6) is 0 Å². The maximum absolute atomic E-state index is 8.76. The fourth-order valence-corrected chi connectivity index (χ4v) is 2.59. The summed E-state index contributed by atoms with van der Waals surface area (Å²) in [5.74, 6) is 0. The van der Waals surface area contributed by atoms with Crippen molar-refractivity contribution in [2.24, 2.45) is 0 Å². The van der Waals surface area contributed by atoms with Crippen molar-refractivity contribution in [3.8, 4) is 0 Å². The highest BCUT2D eigenvalue weighted by Gasteiger charge is 2.12. The molecule has 0 aliphatic heterocycles. The number of rotatable bonds is 7. The van der Waals surface area contributed by atoms with E-state index in [2.05, 4.69) is 36.7 Å². The number of hydrogen-bond donors (Lipinski definition) is 2. The average Bonchev–Trinajstić information content (AvgIpc) is 2.76. The number of aliphatic hydroxyl groups excluding tert-OH is 1. The van der Waals surface area contributed by atoms with Crippen molar-refractivity contribution in [2.75, 3.05) is 6.61 Å². The molecule has 2 N–H and O–H groups in total. The fraction of sp³-hybridized carbons (Fsp3) is 0.667. The largest absolute Gasteiger partial charge is 0.396 e. The molecule has 0 bridgehead atoms. The first-order chi connectivity index (χ1) is 7.27. The number of hydrogen-bond acceptors (Lipinski definition) is 3. The first-order valence-corrected chi connectivity index (χ1v) is 6.56. The lowest BCUT2D eigenvalue weighted by atomic mass is 10.1. The zero-order chi connectivity index (χ0) is 11.1. The minimum absolute atomic E-state index is 0.293. The summed E-state index contributed by atoms with van der Waals surface area (Å²) in [4.78, 5) is 1.41.